The molecule has 0 aliphatic carbocycles. The summed E-state index contributed by atoms with van der Waals surface area (Å²) in [4.78, 5) is 11.6. The van der Waals surface area contributed by atoms with Gasteiger partial charge in [0, 0.05) is 17.2 Å². The van der Waals surface area contributed by atoms with Gasteiger partial charge in [-0.2, -0.15) is 0 Å². The Morgan fingerprint density at radius 2 is 1.89 bits per heavy atom. The summed E-state index contributed by atoms with van der Waals surface area (Å²) in [5.74, 6) is -0.299. The molecule has 19 heavy (non-hydrogen) atoms. The zero-order valence-corrected chi connectivity index (χ0v) is 13.3. The van der Waals surface area contributed by atoms with Crippen molar-refractivity contribution in [2.24, 2.45) is 5.92 Å². The first-order valence-electron chi connectivity index (χ1n) is 5.35. The molecule has 4 nitrogen and oxygen atoms in total. The maximum absolute atomic E-state index is 12.0. The lowest BCUT2D eigenvalue weighted by atomic mass is 10.2. The van der Waals surface area contributed by atoms with Crippen molar-refractivity contribution in [1.82, 2.24) is 5.32 Å². The van der Waals surface area contributed by atoms with E-state index in [1.54, 1.807) is 0 Å². The summed E-state index contributed by atoms with van der Waals surface area (Å²) >= 11 is 11.8. The summed E-state index contributed by atoms with van der Waals surface area (Å²) in [6.07, 6.45) is 0. The summed E-state index contributed by atoms with van der Waals surface area (Å²) < 4.78 is 22.6. The van der Waals surface area contributed by atoms with Crippen LogP contribution in [0.5, 0.6) is 0 Å². The number of carbonyl (C=O) groups excluding carboxylic acids is 1. The first-order chi connectivity index (χ1) is 8.64. The molecule has 1 N–H and O–H groups in total. The molecule has 0 radical (unpaired) electrons. The second-order valence-electron chi connectivity index (χ2n) is 4.28. The Balaban J connectivity index is 3.24. The molecule has 0 aromatic heterocycles. The summed E-state index contributed by atoms with van der Waals surface area (Å²) in [5, 5.41) is 2.40. The highest BCUT2D eigenvalue weighted by molar-refractivity contribution is 8.13. The van der Waals surface area contributed by atoms with Crippen LogP contribution < -0.4 is 5.32 Å². The van der Waals surface area contributed by atoms with Crippen molar-refractivity contribution in [2.75, 3.05) is 6.54 Å². The molecule has 1 amide bonds. The fraction of sp³-hybridized carbons (Fsp3) is 0.364. The molecule has 106 valence electrons. The van der Waals surface area contributed by atoms with Crippen LogP contribution in [0, 0.1) is 5.92 Å². The van der Waals surface area contributed by atoms with Crippen molar-refractivity contribution >= 4 is 48.8 Å². The Bertz CT molecular complexity index is 599. The number of nitrogens with one attached hydrogen (secondary N) is 1. The van der Waals surface area contributed by atoms with E-state index in [2.05, 4.69) is 5.32 Å². The van der Waals surface area contributed by atoms with Crippen LogP contribution in [0.25, 0.3) is 0 Å². The molecule has 0 saturated heterocycles. The third-order valence-corrected chi connectivity index (χ3v) is 4.40. The van der Waals surface area contributed by atoms with Crippen molar-refractivity contribution in [3.05, 3.63) is 27.7 Å². The van der Waals surface area contributed by atoms with Gasteiger partial charge in [0.05, 0.1) is 15.6 Å². The van der Waals surface area contributed by atoms with Crippen LogP contribution in [0.3, 0.4) is 0 Å². The van der Waals surface area contributed by atoms with Gasteiger partial charge in [0.2, 0.25) is 0 Å². The average molecular weight is 345 g/mol. The van der Waals surface area contributed by atoms with Crippen molar-refractivity contribution in [3.63, 3.8) is 0 Å². The summed E-state index contributed by atoms with van der Waals surface area (Å²) in [7, 11) is 1.20. The molecule has 0 heterocycles. The number of benzene rings is 1. The molecule has 1 rings (SSSR count). The molecule has 0 bridgehead atoms. The predicted octanol–water partition coefficient (Wildman–Crippen LogP) is 3.31. The van der Waals surface area contributed by atoms with Gasteiger partial charge in [-0.3, -0.25) is 4.79 Å². The first-order valence-corrected chi connectivity index (χ1v) is 8.42. The molecule has 0 spiro atoms. The molecule has 1 aromatic carbocycles. The van der Waals surface area contributed by atoms with Crippen molar-refractivity contribution in [2.45, 2.75) is 18.7 Å². The molecular formula is C11H12Cl3NO3S. The minimum Gasteiger partial charge on any atom is -0.352 e. The lowest BCUT2D eigenvalue weighted by Crippen LogP contribution is -2.28. The SMILES string of the molecule is CC(C)CNC(=O)c1c(Cl)ccc(S(=O)(=O)Cl)c1Cl. The second kappa shape index (κ2) is 6.31. The van der Waals surface area contributed by atoms with Gasteiger partial charge in [-0.05, 0) is 18.1 Å². The third kappa shape index (κ3) is 4.24. The lowest BCUT2D eigenvalue weighted by Gasteiger charge is -2.11. The molecular weight excluding hydrogens is 333 g/mol. The van der Waals surface area contributed by atoms with E-state index in [0.29, 0.717) is 6.54 Å². The average Bonchev–Trinajstić information content (AvgIpc) is 2.24. The monoisotopic (exact) mass is 343 g/mol. The van der Waals surface area contributed by atoms with Crippen molar-refractivity contribution in [3.8, 4) is 0 Å². The minimum absolute atomic E-state index is 0.0651. The predicted molar refractivity (Wildman–Crippen MR) is 76.7 cm³/mol. The molecule has 0 saturated carbocycles. The van der Waals surface area contributed by atoms with Gasteiger partial charge in [0.15, 0.2) is 0 Å². The highest BCUT2D eigenvalue weighted by Crippen LogP contribution is 2.32. The van der Waals surface area contributed by atoms with E-state index in [-0.39, 0.29) is 26.4 Å². The Labute approximate surface area is 126 Å². The van der Waals surface area contributed by atoms with Crippen LogP contribution in [0.15, 0.2) is 17.0 Å². The van der Waals surface area contributed by atoms with Crippen LogP contribution in [-0.2, 0) is 9.05 Å². The Morgan fingerprint density at radius 3 is 2.37 bits per heavy atom. The number of amides is 1. The Hall–Kier alpha value is -0.490. The van der Waals surface area contributed by atoms with Gasteiger partial charge in [-0.1, -0.05) is 37.0 Å². The highest BCUT2D eigenvalue weighted by Gasteiger charge is 2.23. The number of halogens is 3. The molecule has 0 fully saturated rings. The molecule has 0 aliphatic rings. The second-order valence-corrected chi connectivity index (χ2v) is 7.60. The molecule has 8 heteroatoms. The van der Waals surface area contributed by atoms with E-state index in [4.69, 9.17) is 33.9 Å². The van der Waals surface area contributed by atoms with E-state index in [0.717, 1.165) is 6.07 Å². The first kappa shape index (κ1) is 16.6. The summed E-state index contributed by atoms with van der Waals surface area (Å²) in [6, 6.07) is 2.43. The van der Waals surface area contributed by atoms with Gasteiger partial charge in [-0.15, -0.1) is 0 Å². The maximum Gasteiger partial charge on any atom is 0.262 e. The largest absolute Gasteiger partial charge is 0.352 e. The van der Waals surface area contributed by atoms with Crippen LogP contribution in [0.1, 0.15) is 24.2 Å². The fourth-order valence-corrected chi connectivity index (χ4v) is 3.21. The van der Waals surface area contributed by atoms with E-state index >= 15 is 0 Å². The van der Waals surface area contributed by atoms with E-state index in [9.17, 15) is 13.2 Å². The molecule has 0 unspecified atom stereocenters. The Kier molecular flexibility index (Phi) is 5.50. The van der Waals surface area contributed by atoms with Crippen molar-refractivity contribution < 1.29 is 13.2 Å². The highest BCUT2D eigenvalue weighted by atomic mass is 35.7. The maximum atomic E-state index is 12.0. The van der Waals surface area contributed by atoms with Crippen LogP contribution >= 0.6 is 33.9 Å². The van der Waals surface area contributed by atoms with E-state index < -0.39 is 15.0 Å². The van der Waals surface area contributed by atoms with Gasteiger partial charge >= 0.3 is 0 Å². The van der Waals surface area contributed by atoms with Gasteiger partial charge in [0.25, 0.3) is 15.0 Å². The summed E-state index contributed by atoms with van der Waals surface area (Å²) in [6.45, 7) is 4.26. The van der Waals surface area contributed by atoms with Gasteiger partial charge in [-0.25, -0.2) is 8.42 Å². The smallest absolute Gasteiger partial charge is 0.262 e. The standard InChI is InChI=1S/C11H12Cl3NO3S/c1-6(2)5-15-11(16)9-7(12)3-4-8(10(9)13)19(14,17)18/h3-4,6H,5H2,1-2H3,(H,15,16). The van der Waals surface area contributed by atoms with Crippen LogP contribution in [0.4, 0.5) is 0 Å². The fourth-order valence-electron chi connectivity index (χ4n) is 1.32. The van der Waals surface area contributed by atoms with Gasteiger partial charge in [0.1, 0.15) is 4.90 Å². The number of hydrogen-bond donors (Lipinski definition) is 1. The normalized spacial score (nSPS) is 11.7. The molecule has 0 aliphatic heterocycles. The van der Waals surface area contributed by atoms with E-state index in [1.807, 2.05) is 13.8 Å². The zero-order chi connectivity index (χ0) is 14.8. The number of rotatable bonds is 4. The van der Waals surface area contributed by atoms with E-state index in [1.165, 1.54) is 6.07 Å². The Morgan fingerprint density at radius 1 is 1.32 bits per heavy atom. The topological polar surface area (TPSA) is 63.2 Å². The lowest BCUT2D eigenvalue weighted by molar-refractivity contribution is 0.0949. The molecule has 0 atom stereocenters. The summed E-state index contributed by atoms with van der Waals surface area (Å²) in [5.41, 5.74) is -0.0919. The minimum atomic E-state index is -4.04. The zero-order valence-electron chi connectivity index (χ0n) is 10.2. The number of carbonyl (C=O) groups is 1. The van der Waals surface area contributed by atoms with Gasteiger partial charge < -0.3 is 5.32 Å². The number of hydrogen-bond acceptors (Lipinski definition) is 3. The van der Waals surface area contributed by atoms with Crippen LogP contribution in [-0.4, -0.2) is 20.9 Å². The quantitative estimate of drug-likeness (QED) is 0.852. The third-order valence-electron chi connectivity index (χ3n) is 2.22. The van der Waals surface area contributed by atoms with Crippen molar-refractivity contribution in [1.29, 1.82) is 0 Å². The molecule has 1 aromatic rings. The van der Waals surface area contributed by atoms with Crippen LogP contribution in [0.2, 0.25) is 10.0 Å².